The fourth-order valence-electron chi connectivity index (χ4n) is 1.63. The van der Waals surface area contributed by atoms with E-state index in [1.54, 1.807) is 10.7 Å². The van der Waals surface area contributed by atoms with Crippen LogP contribution in [0, 0.1) is 0 Å². The summed E-state index contributed by atoms with van der Waals surface area (Å²) >= 11 is 0. The number of hydrogen-bond acceptors (Lipinski definition) is 2. The first-order valence-corrected chi connectivity index (χ1v) is 4.92. The Morgan fingerprint density at radius 3 is 3.07 bits per heavy atom. The molecule has 0 aliphatic carbocycles. The average molecular weight is 204 g/mol. The summed E-state index contributed by atoms with van der Waals surface area (Å²) in [7, 11) is 0. The van der Waals surface area contributed by atoms with Crippen molar-refractivity contribution in [2.45, 2.75) is 19.8 Å². The van der Waals surface area contributed by atoms with E-state index < -0.39 is 5.97 Å². The van der Waals surface area contributed by atoms with E-state index in [4.69, 9.17) is 5.11 Å². The molecule has 0 spiro atoms. The van der Waals surface area contributed by atoms with Crippen LogP contribution >= 0.6 is 0 Å². The third-order valence-corrected chi connectivity index (χ3v) is 2.36. The molecule has 0 aliphatic rings. The lowest BCUT2D eigenvalue weighted by Crippen LogP contribution is -1.96. The minimum Gasteiger partial charge on any atom is -0.478 e. The van der Waals surface area contributed by atoms with Gasteiger partial charge < -0.3 is 5.11 Å². The maximum Gasteiger partial charge on any atom is 0.339 e. The molecule has 4 heteroatoms. The SMILES string of the molecule is CCCc1ccn2ncc(C(=O)O)c2c1. The summed E-state index contributed by atoms with van der Waals surface area (Å²) in [5, 5.41) is 12.9. The van der Waals surface area contributed by atoms with Gasteiger partial charge in [0.1, 0.15) is 5.56 Å². The van der Waals surface area contributed by atoms with Gasteiger partial charge in [-0.15, -0.1) is 0 Å². The third-order valence-electron chi connectivity index (χ3n) is 2.36. The van der Waals surface area contributed by atoms with Crippen molar-refractivity contribution in [1.29, 1.82) is 0 Å². The van der Waals surface area contributed by atoms with Gasteiger partial charge in [0.05, 0.1) is 11.7 Å². The number of nitrogens with zero attached hydrogens (tertiary/aromatic N) is 2. The fraction of sp³-hybridized carbons (Fsp3) is 0.273. The first kappa shape index (κ1) is 9.71. The molecule has 78 valence electrons. The van der Waals surface area contributed by atoms with Crippen molar-refractivity contribution in [2.24, 2.45) is 0 Å². The van der Waals surface area contributed by atoms with Gasteiger partial charge in [0.25, 0.3) is 0 Å². The number of carboxylic acid groups (broad SMARTS) is 1. The second-order valence-corrected chi connectivity index (χ2v) is 3.48. The number of aromatic nitrogens is 2. The van der Waals surface area contributed by atoms with E-state index in [1.165, 1.54) is 6.20 Å². The summed E-state index contributed by atoms with van der Waals surface area (Å²) in [6, 6.07) is 3.86. The maximum atomic E-state index is 10.9. The van der Waals surface area contributed by atoms with Gasteiger partial charge in [-0.05, 0) is 24.1 Å². The zero-order chi connectivity index (χ0) is 10.8. The van der Waals surface area contributed by atoms with Gasteiger partial charge in [-0.3, -0.25) is 0 Å². The first-order chi connectivity index (χ1) is 7.22. The molecule has 0 saturated carbocycles. The van der Waals surface area contributed by atoms with Gasteiger partial charge in [0.15, 0.2) is 0 Å². The number of carboxylic acids is 1. The third kappa shape index (κ3) is 1.70. The van der Waals surface area contributed by atoms with E-state index >= 15 is 0 Å². The summed E-state index contributed by atoms with van der Waals surface area (Å²) in [6.45, 7) is 2.10. The van der Waals surface area contributed by atoms with Crippen molar-refractivity contribution in [3.63, 3.8) is 0 Å². The van der Waals surface area contributed by atoms with Crippen LogP contribution in [0.1, 0.15) is 29.3 Å². The second kappa shape index (κ2) is 3.73. The molecule has 0 unspecified atom stereocenters. The standard InChI is InChI=1S/C11H12N2O2/c1-2-3-8-4-5-13-10(6-8)9(7-12-13)11(14)15/h4-7H,2-3H2,1H3,(H,14,15). The summed E-state index contributed by atoms with van der Waals surface area (Å²) in [4.78, 5) is 10.9. The Bertz CT molecular complexity index is 502. The normalized spacial score (nSPS) is 10.7. The van der Waals surface area contributed by atoms with Gasteiger partial charge >= 0.3 is 5.97 Å². The summed E-state index contributed by atoms with van der Waals surface area (Å²) in [5.41, 5.74) is 2.06. The van der Waals surface area contributed by atoms with E-state index in [1.807, 2.05) is 12.1 Å². The second-order valence-electron chi connectivity index (χ2n) is 3.48. The summed E-state index contributed by atoms with van der Waals surface area (Å²) in [6.07, 6.45) is 5.19. The zero-order valence-corrected chi connectivity index (χ0v) is 8.47. The van der Waals surface area contributed by atoms with Crippen LogP contribution in [0.5, 0.6) is 0 Å². The Labute approximate surface area is 87.2 Å². The Balaban J connectivity index is 2.56. The molecule has 1 N–H and O–H groups in total. The number of hydrogen-bond donors (Lipinski definition) is 1. The van der Waals surface area contributed by atoms with Crippen LogP contribution in [0.4, 0.5) is 0 Å². The van der Waals surface area contributed by atoms with Crippen LogP contribution in [0.3, 0.4) is 0 Å². The quantitative estimate of drug-likeness (QED) is 0.831. The molecule has 4 nitrogen and oxygen atoms in total. The zero-order valence-electron chi connectivity index (χ0n) is 8.47. The van der Waals surface area contributed by atoms with Crippen molar-refractivity contribution in [2.75, 3.05) is 0 Å². The molecule has 2 heterocycles. The van der Waals surface area contributed by atoms with Crippen molar-refractivity contribution < 1.29 is 9.90 Å². The molecule has 0 aromatic carbocycles. The molecular weight excluding hydrogens is 192 g/mol. The number of aromatic carboxylic acids is 1. The van der Waals surface area contributed by atoms with Crippen LogP contribution in [0.15, 0.2) is 24.5 Å². The van der Waals surface area contributed by atoms with Crippen LogP contribution in [0.25, 0.3) is 5.52 Å². The van der Waals surface area contributed by atoms with Crippen molar-refractivity contribution >= 4 is 11.5 Å². The molecule has 0 atom stereocenters. The monoisotopic (exact) mass is 204 g/mol. The largest absolute Gasteiger partial charge is 0.478 e. The highest BCUT2D eigenvalue weighted by Gasteiger charge is 2.10. The van der Waals surface area contributed by atoms with E-state index in [-0.39, 0.29) is 5.56 Å². The number of aryl methyl sites for hydroxylation is 1. The van der Waals surface area contributed by atoms with Gasteiger partial charge in [-0.25, -0.2) is 9.31 Å². The smallest absolute Gasteiger partial charge is 0.339 e. The Kier molecular flexibility index (Phi) is 2.41. The summed E-state index contributed by atoms with van der Waals surface area (Å²) in [5.74, 6) is -0.932. The van der Waals surface area contributed by atoms with Gasteiger partial charge in [-0.1, -0.05) is 13.3 Å². The van der Waals surface area contributed by atoms with E-state index in [0.29, 0.717) is 5.52 Å². The highest BCUT2D eigenvalue weighted by atomic mass is 16.4. The van der Waals surface area contributed by atoms with Crippen molar-refractivity contribution in [1.82, 2.24) is 9.61 Å². The lowest BCUT2D eigenvalue weighted by Gasteiger charge is -2.00. The van der Waals surface area contributed by atoms with Gasteiger partial charge in [-0.2, -0.15) is 5.10 Å². The van der Waals surface area contributed by atoms with E-state index in [0.717, 1.165) is 18.4 Å². The Morgan fingerprint density at radius 2 is 2.40 bits per heavy atom. The van der Waals surface area contributed by atoms with Crippen LogP contribution < -0.4 is 0 Å². The molecule has 0 fully saturated rings. The molecule has 2 rings (SSSR count). The van der Waals surface area contributed by atoms with E-state index in [2.05, 4.69) is 12.0 Å². The minimum atomic E-state index is -0.932. The van der Waals surface area contributed by atoms with Crippen molar-refractivity contribution in [3.05, 3.63) is 35.7 Å². The predicted molar refractivity (Wildman–Crippen MR) is 56.1 cm³/mol. The number of pyridine rings is 1. The lowest BCUT2D eigenvalue weighted by molar-refractivity contribution is 0.0699. The predicted octanol–water partition coefficient (Wildman–Crippen LogP) is 1.99. The fourth-order valence-corrected chi connectivity index (χ4v) is 1.63. The molecule has 2 aromatic heterocycles. The first-order valence-electron chi connectivity index (χ1n) is 4.92. The summed E-state index contributed by atoms with van der Waals surface area (Å²) < 4.78 is 1.59. The van der Waals surface area contributed by atoms with E-state index in [9.17, 15) is 4.79 Å². The van der Waals surface area contributed by atoms with Gasteiger partial charge in [0, 0.05) is 6.20 Å². The molecule has 0 bridgehead atoms. The molecular formula is C11H12N2O2. The highest BCUT2D eigenvalue weighted by molar-refractivity contribution is 5.95. The maximum absolute atomic E-state index is 10.9. The molecule has 0 radical (unpaired) electrons. The molecule has 2 aromatic rings. The number of fused-ring (bicyclic) bond motifs is 1. The number of carbonyl (C=O) groups is 1. The van der Waals surface area contributed by atoms with Crippen LogP contribution in [0.2, 0.25) is 0 Å². The Hall–Kier alpha value is -1.84. The van der Waals surface area contributed by atoms with Crippen molar-refractivity contribution in [3.8, 4) is 0 Å². The molecule has 0 aliphatic heterocycles. The molecule has 0 saturated heterocycles. The minimum absolute atomic E-state index is 0.257. The molecule has 0 amide bonds. The lowest BCUT2D eigenvalue weighted by atomic mass is 10.1. The number of rotatable bonds is 3. The van der Waals surface area contributed by atoms with Gasteiger partial charge in [0.2, 0.25) is 0 Å². The topological polar surface area (TPSA) is 54.6 Å². The van der Waals surface area contributed by atoms with Crippen LogP contribution in [-0.4, -0.2) is 20.7 Å². The average Bonchev–Trinajstić information content (AvgIpc) is 2.61. The highest BCUT2D eigenvalue weighted by Crippen LogP contribution is 2.13. The van der Waals surface area contributed by atoms with Crippen LogP contribution in [-0.2, 0) is 6.42 Å². The molecule has 15 heavy (non-hydrogen) atoms. The Morgan fingerprint density at radius 1 is 1.60 bits per heavy atom.